The fraction of sp³-hybridized carbons (Fsp3) is 0.393. The molecule has 2 aromatic heterocycles. The highest BCUT2D eigenvalue weighted by Crippen LogP contribution is 2.57. The number of ether oxygens (including phenoxy) is 1. The van der Waals surface area contributed by atoms with Crippen LogP contribution in [0.15, 0.2) is 48.7 Å². The molecule has 0 saturated heterocycles. The summed E-state index contributed by atoms with van der Waals surface area (Å²) in [6.45, 7) is 0. The van der Waals surface area contributed by atoms with E-state index in [1.807, 2.05) is 18.3 Å². The number of imidazole rings is 1. The van der Waals surface area contributed by atoms with E-state index in [4.69, 9.17) is 9.72 Å². The minimum atomic E-state index is -0.339. The number of aromatic nitrogens is 3. The Labute approximate surface area is 197 Å². The molecule has 0 bridgehead atoms. The maximum atomic E-state index is 14.0. The number of hydrogen-bond donors (Lipinski definition) is 1. The number of esters is 1. The number of H-pyrrole nitrogens is 1. The number of aromatic amines is 1. The number of nitrogens with zero attached hydrogens (tertiary/aromatic N) is 2. The lowest BCUT2D eigenvalue weighted by Gasteiger charge is -2.41. The van der Waals surface area contributed by atoms with Gasteiger partial charge in [0, 0.05) is 18.0 Å². The molecule has 2 aliphatic rings. The van der Waals surface area contributed by atoms with Gasteiger partial charge in [0.15, 0.2) is 0 Å². The number of carbonyl (C=O) groups is 1. The summed E-state index contributed by atoms with van der Waals surface area (Å²) in [6, 6.07) is 12.5. The van der Waals surface area contributed by atoms with Crippen LogP contribution in [0.25, 0.3) is 21.9 Å². The second-order valence-electron chi connectivity index (χ2n) is 10.1. The maximum Gasteiger partial charge on any atom is 0.337 e. The zero-order chi connectivity index (χ0) is 23.3. The van der Waals surface area contributed by atoms with Gasteiger partial charge in [0.1, 0.15) is 11.6 Å². The minimum absolute atomic E-state index is 0.204. The fourth-order valence-electron chi connectivity index (χ4n) is 6.15. The van der Waals surface area contributed by atoms with Crippen molar-refractivity contribution in [3.05, 3.63) is 71.4 Å². The zero-order valence-electron chi connectivity index (χ0n) is 19.3. The van der Waals surface area contributed by atoms with Crippen molar-refractivity contribution in [2.45, 2.75) is 50.9 Å². The monoisotopic (exact) mass is 457 g/mol. The minimum Gasteiger partial charge on any atom is -0.465 e. The Kier molecular flexibility index (Phi) is 5.12. The van der Waals surface area contributed by atoms with Gasteiger partial charge in [-0.15, -0.1) is 0 Å². The Morgan fingerprint density at radius 1 is 1.09 bits per heavy atom. The third-order valence-electron chi connectivity index (χ3n) is 8.07. The van der Waals surface area contributed by atoms with Gasteiger partial charge in [-0.1, -0.05) is 0 Å². The van der Waals surface area contributed by atoms with Crippen LogP contribution < -0.4 is 0 Å². The van der Waals surface area contributed by atoms with Crippen LogP contribution in [0.1, 0.15) is 66.2 Å². The molecule has 174 valence electrons. The first-order chi connectivity index (χ1) is 16.5. The summed E-state index contributed by atoms with van der Waals surface area (Å²) in [7, 11) is 1.39. The third kappa shape index (κ3) is 3.75. The van der Waals surface area contributed by atoms with E-state index in [0.29, 0.717) is 11.5 Å². The number of rotatable bonds is 5. The molecule has 34 heavy (non-hydrogen) atoms. The van der Waals surface area contributed by atoms with Crippen LogP contribution in [0.5, 0.6) is 0 Å². The van der Waals surface area contributed by atoms with E-state index in [9.17, 15) is 9.18 Å². The van der Waals surface area contributed by atoms with Crippen molar-refractivity contribution in [3.63, 3.8) is 0 Å². The Balaban J connectivity index is 1.24. The van der Waals surface area contributed by atoms with Crippen LogP contribution >= 0.6 is 0 Å². The fourth-order valence-corrected chi connectivity index (χ4v) is 6.15. The number of hydrogen-bond acceptors (Lipinski definition) is 4. The van der Waals surface area contributed by atoms with Crippen molar-refractivity contribution in [2.75, 3.05) is 7.11 Å². The van der Waals surface area contributed by atoms with Crippen molar-refractivity contribution >= 4 is 27.9 Å². The van der Waals surface area contributed by atoms with Gasteiger partial charge in [0.2, 0.25) is 0 Å². The highest BCUT2D eigenvalue weighted by atomic mass is 19.1. The molecule has 0 unspecified atom stereocenters. The Hall–Kier alpha value is -3.28. The van der Waals surface area contributed by atoms with Crippen molar-refractivity contribution in [2.24, 2.45) is 11.3 Å². The van der Waals surface area contributed by atoms with Gasteiger partial charge in [-0.2, -0.15) is 0 Å². The Morgan fingerprint density at radius 3 is 2.65 bits per heavy atom. The summed E-state index contributed by atoms with van der Waals surface area (Å²) in [4.78, 5) is 24.7. The van der Waals surface area contributed by atoms with Gasteiger partial charge in [-0.05, 0) is 104 Å². The number of nitrogens with one attached hydrogen (secondary N) is 1. The summed E-state index contributed by atoms with van der Waals surface area (Å²) in [5.74, 6) is 1.63. The molecule has 5 nitrogen and oxygen atoms in total. The van der Waals surface area contributed by atoms with Gasteiger partial charge in [0.25, 0.3) is 0 Å². The van der Waals surface area contributed by atoms with Crippen molar-refractivity contribution < 1.29 is 13.9 Å². The lowest BCUT2D eigenvalue weighted by atomic mass is 9.64. The Bertz CT molecular complexity index is 1380. The number of carbonyl (C=O) groups excluding carboxylic acids is 1. The lowest BCUT2D eigenvalue weighted by Crippen LogP contribution is -2.32. The largest absolute Gasteiger partial charge is 0.465 e. The van der Waals surface area contributed by atoms with Crippen molar-refractivity contribution in [1.29, 1.82) is 0 Å². The number of pyridine rings is 1. The van der Waals surface area contributed by atoms with Crippen molar-refractivity contribution in [3.8, 4) is 0 Å². The van der Waals surface area contributed by atoms with E-state index >= 15 is 0 Å². The second-order valence-corrected chi connectivity index (χ2v) is 10.1. The van der Waals surface area contributed by atoms with Gasteiger partial charge >= 0.3 is 5.97 Å². The quantitative estimate of drug-likeness (QED) is 0.356. The van der Waals surface area contributed by atoms with Crippen molar-refractivity contribution in [1.82, 2.24) is 15.0 Å². The zero-order valence-corrected chi connectivity index (χ0v) is 19.3. The van der Waals surface area contributed by atoms with Gasteiger partial charge < -0.3 is 9.72 Å². The summed E-state index contributed by atoms with van der Waals surface area (Å²) in [6.07, 6.45) is 9.85. The topological polar surface area (TPSA) is 67.9 Å². The first-order valence-corrected chi connectivity index (χ1v) is 12.2. The second kappa shape index (κ2) is 8.19. The molecule has 0 amide bonds. The number of halogens is 1. The molecule has 6 rings (SSSR count). The molecule has 2 aromatic carbocycles. The summed E-state index contributed by atoms with van der Waals surface area (Å²) in [5.41, 5.74) is 4.64. The first kappa shape index (κ1) is 21.3. The summed E-state index contributed by atoms with van der Waals surface area (Å²) < 4.78 is 18.8. The molecule has 2 fully saturated rings. The number of benzene rings is 2. The first-order valence-electron chi connectivity index (χ1n) is 12.2. The van der Waals surface area contributed by atoms with Crippen LogP contribution in [-0.2, 0) is 11.2 Å². The molecule has 0 atom stereocenters. The van der Waals surface area contributed by atoms with Crippen LogP contribution in [-0.4, -0.2) is 28.0 Å². The molecule has 0 spiro atoms. The molecule has 2 heterocycles. The molecule has 0 aliphatic heterocycles. The van der Waals surface area contributed by atoms with E-state index in [-0.39, 0.29) is 17.2 Å². The average molecular weight is 458 g/mol. The molecular formula is C28H28FN3O2. The van der Waals surface area contributed by atoms with Gasteiger partial charge in [-0.3, -0.25) is 4.98 Å². The van der Waals surface area contributed by atoms with Gasteiger partial charge in [0.05, 0.1) is 29.2 Å². The summed E-state index contributed by atoms with van der Waals surface area (Å²) in [5, 5.41) is 0.949. The molecule has 0 radical (unpaired) electrons. The highest BCUT2D eigenvalue weighted by molar-refractivity contribution is 5.93. The van der Waals surface area contributed by atoms with Crippen LogP contribution in [0.2, 0.25) is 0 Å². The van der Waals surface area contributed by atoms with Crippen LogP contribution in [0.4, 0.5) is 4.39 Å². The van der Waals surface area contributed by atoms with Gasteiger partial charge in [-0.25, -0.2) is 14.2 Å². The SMILES string of the molecule is COC(=O)c1ccc2nc(CC3(C4CC4)CCC(c4ccnc5ccc(F)cc45)CC3)[nH]c2c1. The molecule has 6 heteroatoms. The molecule has 1 N–H and O–H groups in total. The van der Waals surface area contributed by atoms with E-state index in [2.05, 4.69) is 16.0 Å². The normalized spacial score (nSPS) is 22.8. The van der Waals surface area contributed by atoms with E-state index in [1.165, 1.54) is 31.6 Å². The molecule has 2 aliphatic carbocycles. The standard InChI is InChI=1S/C28H28FN3O2/c1-34-27(33)18-2-6-24-25(14-18)32-26(31-24)16-28(19-3-4-19)11-8-17(9-12-28)21-10-13-30-23-7-5-20(29)15-22(21)23/h2,5-7,10,13-15,17,19H,3-4,8-9,11-12,16H2,1H3,(H,31,32). The molecular weight excluding hydrogens is 429 g/mol. The third-order valence-corrected chi connectivity index (χ3v) is 8.07. The van der Waals surface area contributed by atoms with Crippen LogP contribution in [0.3, 0.4) is 0 Å². The lowest BCUT2D eigenvalue weighted by molar-refractivity contribution is 0.0601. The molecule has 4 aromatic rings. The Morgan fingerprint density at radius 2 is 1.88 bits per heavy atom. The average Bonchev–Trinajstić information content (AvgIpc) is 3.64. The molecule has 2 saturated carbocycles. The number of methoxy groups -OCH3 is 1. The predicted molar refractivity (Wildman–Crippen MR) is 129 cm³/mol. The predicted octanol–water partition coefficient (Wildman–Crippen LogP) is 6.33. The summed E-state index contributed by atoms with van der Waals surface area (Å²) >= 11 is 0. The maximum absolute atomic E-state index is 14.0. The number of fused-ring (bicyclic) bond motifs is 2. The smallest absolute Gasteiger partial charge is 0.337 e. The van der Waals surface area contributed by atoms with Crippen LogP contribution in [0, 0.1) is 17.2 Å². The highest BCUT2D eigenvalue weighted by Gasteiger charge is 2.47. The van der Waals surface area contributed by atoms with E-state index in [0.717, 1.165) is 65.8 Å². The van der Waals surface area contributed by atoms with E-state index < -0.39 is 0 Å². The van der Waals surface area contributed by atoms with E-state index in [1.54, 1.807) is 18.2 Å².